The van der Waals surface area contributed by atoms with E-state index in [0.717, 1.165) is 18.2 Å². The van der Waals surface area contributed by atoms with Gasteiger partial charge >= 0.3 is 12.1 Å². The molecule has 0 saturated heterocycles. The van der Waals surface area contributed by atoms with Gasteiger partial charge in [-0.15, -0.1) is 0 Å². The predicted molar refractivity (Wildman–Crippen MR) is 63.7 cm³/mol. The van der Waals surface area contributed by atoms with Crippen LogP contribution in [0.1, 0.15) is 12.5 Å². The Morgan fingerprint density at radius 2 is 2.22 bits per heavy atom. The van der Waals surface area contributed by atoms with Gasteiger partial charge in [0.05, 0.1) is 6.61 Å². The van der Waals surface area contributed by atoms with Crippen LogP contribution in [0.3, 0.4) is 0 Å². The van der Waals surface area contributed by atoms with E-state index in [0.29, 0.717) is 0 Å². The van der Waals surface area contributed by atoms with Gasteiger partial charge in [-0.05, 0) is 31.2 Å². The van der Waals surface area contributed by atoms with Crippen molar-refractivity contribution in [2.75, 3.05) is 11.9 Å². The molecule has 5 nitrogen and oxygen atoms in total. The molecule has 96 valence electrons. The van der Waals surface area contributed by atoms with Crippen LogP contribution in [0.25, 0.3) is 6.08 Å². The lowest BCUT2D eigenvalue weighted by Gasteiger charge is -2.06. The summed E-state index contributed by atoms with van der Waals surface area (Å²) in [5.74, 6) is -1.80. The zero-order valence-corrected chi connectivity index (χ0v) is 9.64. The van der Waals surface area contributed by atoms with E-state index in [2.05, 4.69) is 10.1 Å². The lowest BCUT2D eigenvalue weighted by Crippen LogP contribution is -2.13. The summed E-state index contributed by atoms with van der Waals surface area (Å²) in [6.07, 6.45) is 1.29. The summed E-state index contributed by atoms with van der Waals surface area (Å²) in [6, 6.07) is 3.89. The lowest BCUT2D eigenvalue weighted by molar-refractivity contribution is -0.131. The molecule has 0 fully saturated rings. The number of carboxylic acid groups (broad SMARTS) is 1. The number of aliphatic carboxylic acids is 1. The van der Waals surface area contributed by atoms with Crippen molar-refractivity contribution in [3.05, 3.63) is 35.7 Å². The molecule has 6 heteroatoms. The van der Waals surface area contributed by atoms with Gasteiger partial charge in [-0.25, -0.2) is 14.0 Å². The Labute approximate surface area is 103 Å². The SMILES string of the molecule is CCOC(=O)Nc1ccc(C=CC(=O)O)c(F)c1. The number of benzene rings is 1. The number of nitrogens with one attached hydrogen (secondary N) is 1. The Balaban J connectivity index is 2.79. The van der Waals surface area contributed by atoms with Gasteiger partial charge in [0.25, 0.3) is 0 Å². The number of halogens is 1. The van der Waals surface area contributed by atoms with Gasteiger partial charge in [0.1, 0.15) is 5.82 Å². The summed E-state index contributed by atoms with van der Waals surface area (Å²) in [5.41, 5.74) is 0.352. The average Bonchev–Trinajstić information content (AvgIpc) is 2.28. The first-order chi connectivity index (χ1) is 8.52. The van der Waals surface area contributed by atoms with Gasteiger partial charge in [0, 0.05) is 17.3 Å². The highest BCUT2D eigenvalue weighted by molar-refractivity contribution is 5.86. The largest absolute Gasteiger partial charge is 0.478 e. The summed E-state index contributed by atoms with van der Waals surface area (Å²) in [4.78, 5) is 21.4. The van der Waals surface area contributed by atoms with Crippen LogP contribution in [-0.2, 0) is 9.53 Å². The number of hydrogen-bond acceptors (Lipinski definition) is 3. The molecule has 0 aromatic heterocycles. The van der Waals surface area contributed by atoms with Crippen LogP contribution in [0, 0.1) is 5.82 Å². The van der Waals surface area contributed by atoms with E-state index in [4.69, 9.17) is 5.11 Å². The van der Waals surface area contributed by atoms with Crippen molar-refractivity contribution in [1.82, 2.24) is 0 Å². The highest BCUT2D eigenvalue weighted by Crippen LogP contribution is 2.16. The summed E-state index contributed by atoms with van der Waals surface area (Å²) in [7, 11) is 0. The maximum Gasteiger partial charge on any atom is 0.411 e. The monoisotopic (exact) mass is 253 g/mol. The van der Waals surface area contributed by atoms with Crippen molar-refractivity contribution in [3.8, 4) is 0 Å². The Kier molecular flexibility index (Phi) is 4.86. The molecule has 0 radical (unpaired) electrons. The quantitative estimate of drug-likeness (QED) is 0.808. The minimum atomic E-state index is -1.16. The molecule has 0 atom stereocenters. The maximum atomic E-state index is 13.5. The van der Waals surface area contributed by atoms with Crippen molar-refractivity contribution in [2.24, 2.45) is 0 Å². The molecule has 0 aliphatic rings. The van der Waals surface area contributed by atoms with E-state index in [1.54, 1.807) is 6.92 Å². The lowest BCUT2D eigenvalue weighted by atomic mass is 10.2. The standard InChI is InChI=1S/C12H12FNO4/c1-2-18-12(17)14-9-5-3-8(10(13)7-9)4-6-11(15)16/h3-7H,2H2,1H3,(H,14,17)(H,15,16). The van der Waals surface area contributed by atoms with Gasteiger partial charge in [0.15, 0.2) is 0 Å². The zero-order valence-electron chi connectivity index (χ0n) is 9.64. The summed E-state index contributed by atoms with van der Waals surface area (Å²) >= 11 is 0. The fourth-order valence-corrected chi connectivity index (χ4v) is 1.19. The van der Waals surface area contributed by atoms with Gasteiger partial charge in [0.2, 0.25) is 0 Å². The first-order valence-electron chi connectivity index (χ1n) is 5.17. The highest BCUT2D eigenvalue weighted by Gasteiger charge is 2.05. The molecule has 0 aliphatic heterocycles. The van der Waals surface area contributed by atoms with Crippen molar-refractivity contribution < 1.29 is 23.8 Å². The summed E-state index contributed by atoms with van der Waals surface area (Å²) < 4.78 is 18.1. The third-order valence-electron chi connectivity index (χ3n) is 1.93. The molecule has 1 rings (SSSR count). The van der Waals surface area contributed by atoms with E-state index in [1.165, 1.54) is 12.1 Å². The topological polar surface area (TPSA) is 75.6 Å². The van der Waals surface area contributed by atoms with Crippen molar-refractivity contribution in [3.63, 3.8) is 0 Å². The second-order valence-electron chi connectivity index (χ2n) is 3.25. The van der Waals surface area contributed by atoms with Crippen molar-refractivity contribution >= 4 is 23.8 Å². The van der Waals surface area contributed by atoms with Crippen LogP contribution in [0.2, 0.25) is 0 Å². The molecule has 18 heavy (non-hydrogen) atoms. The molecule has 1 aromatic carbocycles. The van der Waals surface area contributed by atoms with Crippen LogP contribution >= 0.6 is 0 Å². The zero-order chi connectivity index (χ0) is 13.5. The van der Waals surface area contributed by atoms with Crippen molar-refractivity contribution in [1.29, 1.82) is 0 Å². The fraction of sp³-hybridized carbons (Fsp3) is 0.167. The molecule has 2 N–H and O–H groups in total. The Bertz CT molecular complexity index is 485. The predicted octanol–water partition coefficient (Wildman–Crippen LogP) is 2.49. The van der Waals surface area contributed by atoms with Gasteiger partial charge in [-0.1, -0.05) is 0 Å². The first kappa shape index (κ1) is 13.7. The van der Waals surface area contributed by atoms with Gasteiger partial charge < -0.3 is 9.84 Å². The second kappa shape index (κ2) is 6.39. The molecular weight excluding hydrogens is 241 g/mol. The fourth-order valence-electron chi connectivity index (χ4n) is 1.19. The number of carbonyl (C=O) groups excluding carboxylic acids is 1. The molecule has 0 unspecified atom stereocenters. The molecule has 0 spiro atoms. The van der Waals surface area contributed by atoms with Crippen molar-refractivity contribution in [2.45, 2.75) is 6.92 Å². The van der Waals surface area contributed by atoms with Gasteiger partial charge in [-0.2, -0.15) is 0 Å². The molecule has 1 aromatic rings. The molecule has 0 saturated carbocycles. The number of anilines is 1. The molecular formula is C12H12FNO4. The van der Waals surface area contributed by atoms with Crippen LogP contribution < -0.4 is 5.32 Å². The van der Waals surface area contributed by atoms with Gasteiger partial charge in [-0.3, -0.25) is 5.32 Å². The van der Waals surface area contributed by atoms with Crippen LogP contribution in [0.5, 0.6) is 0 Å². The van der Waals surface area contributed by atoms with E-state index >= 15 is 0 Å². The number of carbonyl (C=O) groups is 2. The molecule has 0 heterocycles. The summed E-state index contributed by atoms with van der Waals surface area (Å²) in [6.45, 7) is 1.87. The van der Waals surface area contributed by atoms with Crippen LogP contribution in [0.4, 0.5) is 14.9 Å². The molecule has 0 bridgehead atoms. The minimum Gasteiger partial charge on any atom is -0.478 e. The third kappa shape index (κ3) is 4.25. The number of carboxylic acids is 1. The molecule has 0 aliphatic carbocycles. The third-order valence-corrected chi connectivity index (χ3v) is 1.93. The number of rotatable bonds is 4. The number of hydrogen-bond donors (Lipinski definition) is 2. The smallest absolute Gasteiger partial charge is 0.411 e. The minimum absolute atomic E-state index is 0.117. The van der Waals surface area contributed by atoms with E-state index in [1.807, 2.05) is 0 Å². The van der Waals surface area contributed by atoms with E-state index in [9.17, 15) is 14.0 Å². The van der Waals surface area contributed by atoms with Crippen LogP contribution in [0.15, 0.2) is 24.3 Å². The Morgan fingerprint density at radius 3 is 2.78 bits per heavy atom. The van der Waals surface area contributed by atoms with E-state index in [-0.39, 0.29) is 17.9 Å². The van der Waals surface area contributed by atoms with E-state index < -0.39 is 17.9 Å². The Morgan fingerprint density at radius 1 is 1.50 bits per heavy atom. The normalized spacial score (nSPS) is 10.3. The Hall–Kier alpha value is -2.37. The highest BCUT2D eigenvalue weighted by atomic mass is 19.1. The maximum absolute atomic E-state index is 13.5. The second-order valence-corrected chi connectivity index (χ2v) is 3.25. The number of ether oxygens (including phenoxy) is 1. The molecule has 1 amide bonds. The number of amides is 1. The summed E-state index contributed by atoms with van der Waals surface area (Å²) in [5, 5.41) is 10.7. The first-order valence-corrected chi connectivity index (χ1v) is 5.17. The average molecular weight is 253 g/mol. The van der Waals surface area contributed by atoms with Crippen LogP contribution in [-0.4, -0.2) is 23.8 Å².